The van der Waals surface area contributed by atoms with Crippen molar-refractivity contribution in [3.8, 4) is 11.5 Å². The molecule has 0 aliphatic heterocycles. The second-order valence-corrected chi connectivity index (χ2v) is 4.31. The van der Waals surface area contributed by atoms with Crippen LogP contribution in [-0.4, -0.2) is 45.8 Å². The van der Waals surface area contributed by atoms with Gasteiger partial charge in [0.05, 0.1) is 14.2 Å². The third kappa shape index (κ3) is 4.94. The van der Waals surface area contributed by atoms with E-state index in [9.17, 15) is 0 Å². The van der Waals surface area contributed by atoms with Gasteiger partial charge in [-0.2, -0.15) is 0 Å². The summed E-state index contributed by atoms with van der Waals surface area (Å²) in [6, 6.07) is 5.99. The molecule has 18 heavy (non-hydrogen) atoms. The van der Waals surface area contributed by atoms with Gasteiger partial charge in [0, 0.05) is 25.7 Å². The van der Waals surface area contributed by atoms with Crippen LogP contribution in [-0.2, 0) is 6.54 Å². The molecule has 0 aliphatic rings. The van der Waals surface area contributed by atoms with Crippen molar-refractivity contribution in [1.82, 2.24) is 10.2 Å². The molecular weight excluding hydrogens is 228 g/mol. The van der Waals surface area contributed by atoms with E-state index < -0.39 is 0 Å². The summed E-state index contributed by atoms with van der Waals surface area (Å²) in [5.74, 6) is 1.67. The Kier molecular flexibility index (Phi) is 6.54. The highest BCUT2D eigenvalue weighted by atomic mass is 16.5. The zero-order valence-electron chi connectivity index (χ0n) is 11.8. The SMILES string of the molecule is CCNCCN(C)Cc1cc(OC)cc(OC)c1. The molecule has 0 spiro atoms. The molecule has 4 nitrogen and oxygen atoms in total. The van der Waals surface area contributed by atoms with Gasteiger partial charge in [-0.1, -0.05) is 6.92 Å². The highest BCUT2D eigenvalue weighted by molar-refractivity contribution is 5.38. The first-order valence-corrected chi connectivity index (χ1v) is 6.30. The molecule has 0 heterocycles. The Labute approximate surface area is 110 Å². The summed E-state index contributed by atoms with van der Waals surface area (Å²) in [6.07, 6.45) is 0. The lowest BCUT2D eigenvalue weighted by atomic mass is 10.2. The van der Waals surface area contributed by atoms with E-state index in [0.717, 1.165) is 37.7 Å². The molecular formula is C14H24N2O2. The summed E-state index contributed by atoms with van der Waals surface area (Å²) in [6.45, 7) is 6.05. The van der Waals surface area contributed by atoms with Gasteiger partial charge in [0.25, 0.3) is 0 Å². The van der Waals surface area contributed by atoms with Crippen molar-refractivity contribution in [3.63, 3.8) is 0 Å². The smallest absolute Gasteiger partial charge is 0.122 e. The number of benzene rings is 1. The second-order valence-electron chi connectivity index (χ2n) is 4.31. The zero-order valence-corrected chi connectivity index (χ0v) is 11.8. The first-order chi connectivity index (χ1) is 8.69. The fourth-order valence-corrected chi connectivity index (χ4v) is 1.80. The molecule has 0 atom stereocenters. The van der Waals surface area contributed by atoms with E-state index in [2.05, 4.69) is 24.2 Å². The average Bonchev–Trinajstić information content (AvgIpc) is 2.38. The molecule has 0 amide bonds. The van der Waals surface area contributed by atoms with Crippen LogP contribution in [0.25, 0.3) is 0 Å². The van der Waals surface area contributed by atoms with Crippen molar-refractivity contribution in [2.24, 2.45) is 0 Å². The molecule has 0 saturated heterocycles. The third-order valence-electron chi connectivity index (χ3n) is 2.78. The van der Waals surface area contributed by atoms with Crippen molar-refractivity contribution < 1.29 is 9.47 Å². The summed E-state index contributed by atoms with van der Waals surface area (Å²) in [7, 11) is 5.46. The number of nitrogens with zero attached hydrogens (tertiary/aromatic N) is 1. The Morgan fingerprint density at radius 3 is 2.22 bits per heavy atom. The highest BCUT2D eigenvalue weighted by Gasteiger charge is 2.04. The largest absolute Gasteiger partial charge is 0.497 e. The van der Waals surface area contributed by atoms with Gasteiger partial charge in [-0.25, -0.2) is 0 Å². The molecule has 0 saturated carbocycles. The fraction of sp³-hybridized carbons (Fsp3) is 0.571. The van der Waals surface area contributed by atoms with Crippen LogP contribution in [0.4, 0.5) is 0 Å². The second kappa shape index (κ2) is 7.95. The van der Waals surface area contributed by atoms with Crippen molar-refractivity contribution in [1.29, 1.82) is 0 Å². The number of hydrogen-bond acceptors (Lipinski definition) is 4. The van der Waals surface area contributed by atoms with Crippen LogP contribution in [0.3, 0.4) is 0 Å². The molecule has 0 aromatic heterocycles. The van der Waals surface area contributed by atoms with Crippen LogP contribution in [0.15, 0.2) is 18.2 Å². The number of rotatable bonds is 8. The molecule has 1 N–H and O–H groups in total. The summed E-state index contributed by atoms with van der Waals surface area (Å²) in [4.78, 5) is 2.27. The van der Waals surface area contributed by atoms with Crippen LogP contribution in [0.2, 0.25) is 0 Å². The van der Waals surface area contributed by atoms with Crippen molar-refractivity contribution in [2.45, 2.75) is 13.5 Å². The molecule has 4 heteroatoms. The summed E-state index contributed by atoms with van der Waals surface area (Å²) in [5, 5.41) is 3.32. The number of likely N-dealkylation sites (N-methyl/N-ethyl adjacent to an activating group) is 2. The van der Waals surface area contributed by atoms with Gasteiger partial charge in [0.1, 0.15) is 11.5 Å². The quantitative estimate of drug-likeness (QED) is 0.715. The van der Waals surface area contributed by atoms with Crippen LogP contribution in [0.1, 0.15) is 12.5 Å². The van der Waals surface area contributed by atoms with E-state index in [1.807, 2.05) is 18.2 Å². The lowest BCUT2D eigenvalue weighted by molar-refractivity contribution is 0.323. The fourth-order valence-electron chi connectivity index (χ4n) is 1.80. The van der Waals surface area contributed by atoms with E-state index in [0.29, 0.717) is 0 Å². The van der Waals surface area contributed by atoms with Crippen molar-refractivity contribution >= 4 is 0 Å². The maximum Gasteiger partial charge on any atom is 0.122 e. The normalized spacial score (nSPS) is 10.7. The Morgan fingerprint density at radius 1 is 1.11 bits per heavy atom. The molecule has 0 bridgehead atoms. The van der Waals surface area contributed by atoms with E-state index in [4.69, 9.17) is 9.47 Å². The molecule has 0 fully saturated rings. The molecule has 1 aromatic rings. The third-order valence-corrected chi connectivity index (χ3v) is 2.78. The number of hydrogen-bond donors (Lipinski definition) is 1. The minimum absolute atomic E-state index is 0.837. The molecule has 0 radical (unpaired) electrons. The first-order valence-electron chi connectivity index (χ1n) is 6.30. The van der Waals surface area contributed by atoms with Gasteiger partial charge >= 0.3 is 0 Å². The zero-order chi connectivity index (χ0) is 13.4. The predicted octanol–water partition coefficient (Wildman–Crippen LogP) is 1.75. The van der Waals surface area contributed by atoms with Gasteiger partial charge in [-0.3, -0.25) is 0 Å². The number of nitrogens with one attached hydrogen (secondary N) is 1. The Balaban J connectivity index is 2.59. The monoisotopic (exact) mass is 252 g/mol. The standard InChI is InChI=1S/C14H24N2O2/c1-5-15-6-7-16(2)11-12-8-13(17-3)10-14(9-12)18-4/h8-10,15H,5-7,11H2,1-4H3. The minimum atomic E-state index is 0.837. The van der Waals surface area contributed by atoms with E-state index in [1.165, 1.54) is 5.56 Å². The van der Waals surface area contributed by atoms with E-state index in [-0.39, 0.29) is 0 Å². The molecule has 102 valence electrons. The summed E-state index contributed by atoms with van der Waals surface area (Å²) < 4.78 is 10.5. The van der Waals surface area contributed by atoms with E-state index in [1.54, 1.807) is 14.2 Å². The van der Waals surface area contributed by atoms with E-state index >= 15 is 0 Å². The maximum absolute atomic E-state index is 5.27. The number of ether oxygens (including phenoxy) is 2. The van der Waals surface area contributed by atoms with Crippen LogP contribution >= 0.6 is 0 Å². The minimum Gasteiger partial charge on any atom is -0.497 e. The highest BCUT2D eigenvalue weighted by Crippen LogP contribution is 2.23. The van der Waals surface area contributed by atoms with Gasteiger partial charge in [-0.05, 0) is 31.3 Å². The number of methoxy groups -OCH3 is 2. The van der Waals surface area contributed by atoms with Crippen LogP contribution in [0.5, 0.6) is 11.5 Å². The lowest BCUT2D eigenvalue weighted by Crippen LogP contribution is -2.28. The lowest BCUT2D eigenvalue weighted by Gasteiger charge is -2.17. The molecule has 0 unspecified atom stereocenters. The van der Waals surface area contributed by atoms with Crippen LogP contribution in [0, 0.1) is 0 Å². The van der Waals surface area contributed by atoms with Crippen LogP contribution < -0.4 is 14.8 Å². The van der Waals surface area contributed by atoms with Gasteiger partial charge in [0.2, 0.25) is 0 Å². The summed E-state index contributed by atoms with van der Waals surface area (Å²) in [5.41, 5.74) is 1.20. The Bertz CT molecular complexity index is 333. The predicted molar refractivity (Wildman–Crippen MR) is 74.4 cm³/mol. The van der Waals surface area contributed by atoms with Gasteiger partial charge < -0.3 is 19.7 Å². The first kappa shape index (κ1) is 14.8. The molecule has 1 rings (SSSR count). The Hall–Kier alpha value is -1.26. The molecule has 0 aliphatic carbocycles. The van der Waals surface area contributed by atoms with Gasteiger partial charge in [0.15, 0.2) is 0 Å². The van der Waals surface area contributed by atoms with Gasteiger partial charge in [-0.15, -0.1) is 0 Å². The Morgan fingerprint density at radius 2 is 1.72 bits per heavy atom. The molecule has 1 aromatic carbocycles. The average molecular weight is 252 g/mol. The van der Waals surface area contributed by atoms with Crippen molar-refractivity contribution in [2.75, 3.05) is 40.9 Å². The summed E-state index contributed by atoms with van der Waals surface area (Å²) >= 11 is 0. The van der Waals surface area contributed by atoms with Crippen molar-refractivity contribution in [3.05, 3.63) is 23.8 Å². The maximum atomic E-state index is 5.27. The topological polar surface area (TPSA) is 33.7 Å².